The van der Waals surface area contributed by atoms with Crippen molar-refractivity contribution in [1.82, 2.24) is 5.32 Å². The van der Waals surface area contributed by atoms with Crippen molar-refractivity contribution in [2.24, 2.45) is 5.41 Å². The van der Waals surface area contributed by atoms with Gasteiger partial charge in [0.05, 0.1) is 6.10 Å². The summed E-state index contributed by atoms with van der Waals surface area (Å²) >= 11 is 6.10. The lowest BCUT2D eigenvalue weighted by Crippen LogP contribution is -2.37. The molecule has 116 valence electrons. The van der Waals surface area contributed by atoms with Crippen molar-refractivity contribution >= 4 is 17.5 Å². The molecule has 1 N–H and O–H groups in total. The summed E-state index contributed by atoms with van der Waals surface area (Å²) in [6.07, 6.45) is 4.78. The third-order valence-electron chi connectivity index (χ3n) is 4.06. The molecule has 0 spiro atoms. The minimum Gasteiger partial charge on any atom is -0.491 e. The van der Waals surface area contributed by atoms with Crippen LogP contribution in [0.15, 0.2) is 24.3 Å². The van der Waals surface area contributed by atoms with Gasteiger partial charge in [-0.1, -0.05) is 12.8 Å². The van der Waals surface area contributed by atoms with Crippen molar-refractivity contribution in [3.8, 4) is 5.75 Å². The van der Waals surface area contributed by atoms with E-state index in [0.717, 1.165) is 18.6 Å². The summed E-state index contributed by atoms with van der Waals surface area (Å²) in [4.78, 5) is 12.2. The van der Waals surface area contributed by atoms with Gasteiger partial charge in [-0.05, 0) is 51.0 Å². The Hall–Kier alpha value is -1.22. The smallest absolute Gasteiger partial charge is 0.251 e. The van der Waals surface area contributed by atoms with E-state index in [4.69, 9.17) is 16.3 Å². The highest BCUT2D eigenvalue weighted by Crippen LogP contribution is 2.38. The van der Waals surface area contributed by atoms with Crippen LogP contribution in [0.3, 0.4) is 0 Å². The van der Waals surface area contributed by atoms with Crippen molar-refractivity contribution in [3.63, 3.8) is 0 Å². The molecule has 0 atom stereocenters. The molecule has 1 saturated carbocycles. The standard InChI is InChI=1S/C17H24ClNO2/c1-13(2)21-15-7-5-14(6-8-15)16(20)19-12-17(11-18)9-3-4-10-17/h5-8,13H,3-4,9-12H2,1-2H3,(H,19,20). The molecule has 1 aromatic rings. The van der Waals surface area contributed by atoms with Gasteiger partial charge in [-0.3, -0.25) is 4.79 Å². The monoisotopic (exact) mass is 309 g/mol. The van der Waals surface area contributed by atoms with Crippen LogP contribution >= 0.6 is 11.6 Å². The summed E-state index contributed by atoms with van der Waals surface area (Å²) < 4.78 is 5.57. The van der Waals surface area contributed by atoms with Gasteiger partial charge in [-0.15, -0.1) is 11.6 Å². The minimum absolute atomic E-state index is 0.0394. The number of ether oxygens (including phenoxy) is 1. The summed E-state index contributed by atoms with van der Waals surface area (Å²) in [5.41, 5.74) is 0.756. The van der Waals surface area contributed by atoms with Crippen LogP contribution in [0, 0.1) is 5.41 Å². The zero-order chi connectivity index (χ0) is 15.3. The van der Waals surface area contributed by atoms with Gasteiger partial charge >= 0.3 is 0 Å². The number of hydrogen-bond acceptors (Lipinski definition) is 2. The van der Waals surface area contributed by atoms with Crippen molar-refractivity contribution < 1.29 is 9.53 Å². The van der Waals surface area contributed by atoms with Crippen LogP contribution in [0.5, 0.6) is 5.75 Å². The second-order valence-electron chi connectivity index (χ2n) is 6.21. The Balaban J connectivity index is 1.91. The number of amides is 1. The third-order valence-corrected chi connectivity index (χ3v) is 4.63. The molecule has 0 heterocycles. The minimum atomic E-state index is -0.0394. The van der Waals surface area contributed by atoms with Crippen LogP contribution in [0.2, 0.25) is 0 Å². The fourth-order valence-electron chi connectivity index (χ4n) is 2.81. The predicted octanol–water partition coefficient (Wildman–Crippen LogP) is 4.00. The van der Waals surface area contributed by atoms with E-state index in [9.17, 15) is 4.79 Å². The first kappa shape index (κ1) is 16.2. The van der Waals surface area contributed by atoms with E-state index in [0.29, 0.717) is 18.0 Å². The molecule has 0 radical (unpaired) electrons. The van der Waals surface area contributed by atoms with Crippen molar-refractivity contribution in [2.45, 2.75) is 45.6 Å². The highest BCUT2D eigenvalue weighted by Gasteiger charge is 2.33. The first-order valence-corrected chi connectivity index (χ1v) is 8.19. The van der Waals surface area contributed by atoms with Gasteiger partial charge in [0.15, 0.2) is 0 Å². The number of carbonyl (C=O) groups is 1. The molecular weight excluding hydrogens is 286 g/mol. The summed E-state index contributed by atoms with van der Waals surface area (Å²) in [6, 6.07) is 7.27. The van der Waals surface area contributed by atoms with Gasteiger partial charge in [0.1, 0.15) is 5.75 Å². The first-order chi connectivity index (χ1) is 10.0. The second kappa shape index (κ2) is 7.17. The summed E-state index contributed by atoms with van der Waals surface area (Å²) in [5.74, 6) is 1.37. The van der Waals surface area contributed by atoms with E-state index in [1.165, 1.54) is 12.8 Å². The van der Waals surface area contributed by atoms with Crippen LogP contribution in [-0.2, 0) is 0 Å². The zero-order valence-corrected chi connectivity index (χ0v) is 13.6. The lowest BCUT2D eigenvalue weighted by molar-refractivity contribution is 0.0935. The maximum Gasteiger partial charge on any atom is 0.251 e. The molecule has 1 aromatic carbocycles. The van der Waals surface area contributed by atoms with Gasteiger partial charge in [0.2, 0.25) is 0 Å². The van der Waals surface area contributed by atoms with Crippen LogP contribution in [0.25, 0.3) is 0 Å². The number of halogens is 1. The Bertz CT molecular complexity index is 464. The summed E-state index contributed by atoms with van der Waals surface area (Å²) in [7, 11) is 0. The van der Waals surface area contributed by atoms with Crippen LogP contribution in [0.4, 0.5) is 0 Å². The normalized spacial score (nSPS) is 17.0. The van der Waals surface area contributed by atoms with Gasteiger partial charge < -0.3 is 10.1 Å². The van der Waals surface area contributed by atoms with Gasteiger partial charge in [0.25, 0.3) is 5.91 Å². The molecule has 2 rings (SSSR count). The third kappa shape index (κ3) is 4.37. The fraction of sp³-hybridized carbons (Fsp3) is 0.588. The average Bonchev–Trinajstić information content (AvgIpc) is 2.94. The molecular formula is C17H24ClNO2. The molecule has 1 aliphatic rings. The van der Waals surface area contributed by atoms with Crippen LogP contribution < -0.4 is 10.1 Å². The zero-order valence-electron chi connectivity index (χ0n) is 12.8. The maximum absolute atomic E-state index is 12.2. The number of carbonyl (C=O) groups excluding carboxylic acids is 1. The SMILES string of the molecule is CC(C)Oc1ccc(C(=O)NCC2(CCl)CCCC2)cc1. The van der Waals surface area contributed by atoms with E-state index >= 15 is 0 Å². The lowest BCUT2D eigenvalue weighted by atomic mass is 9.88. The Morgan fingerprint density at radius 2 is 1.90 bits per heavy atom. The van der Waals surface area contributed by atoms with Crippen molar-refractivity contribution in [2.75, 3.05) is 12.4 Å². The van der Waals surface area contributed by atoms with E-state index < -0.39 is 0 Å². The van der Waals surface area contributed by atoms with Crippen molar-refractivity contribution in [1.29, 1.82) is 0 Å². The molecule has 3 nitrogen and oxygen atoms in total. The number of nitrogens with one attached hydrogen (secondary N) is 1. The number of rotatable bonds is 6. The number of benzene rings is 1. The van der Waals surface area contributed by atoms with Crippen LogP contribution in [-0.4, -0.2) is 24.4 Å². The van der Waals surface area contributed by atoms with E-state index in [2.05, 4.69) is 5.32 Å². The van der Waals surface area contributed by atoms with Gasteiger partial charge in [-0.2, -0.15) is 0 Å². The number of alkyl halides is 1. The molecule has 1 fully saturated rings. The molecule has 0 aromatic heterocycles. The molecule has 1 amide bonds. The van der Waals surface area contributed by atoms with E-state index in [1.54, 1.807) is 12.1 Å². The van der Waals surface area contributed by atoms with Crippen molar-refractivity contribution in [3.05, 3.63) is 29.8 Å². The second-order valence-corrected chi connectivity index (χ2v) is 6.48. The molecule has 0 saturated heterocycles. The molecule has 0 aliphatic heterocycles. The molecule has 0 unspecified atom stereocenters. The maximum atomic E-state index is 12.2. The first-order valence-electron chi connectivity index (χ1n) is 7.66. The van der Waals surface area contributed by atoms with Gasteiger partial charge in [-0.25, -0.2) is 0 Å². The Kier molecular flexibility index (Phi) is 5.51. The fourth-order valence-corrected chi connectivity index (χ4v) is 3.17. The highest BCUT2D eigenvalue weighted by molar-refractivity contribution is 6.18. The van der Waals surface area contributed by atoms with E-state index in [-0.39, 0.29) is 17.4 Å². The highest BCUT2D eigenvalue weighted by atomic mass is 35.5. The van der Waals surface area contributed by atoms with E-state index in [1.807, 2.05) is 26.0 Å². The molecule has 4 heteroatoms. The molecule has 0 bridgehead atoms. The Morgan fingerprint density at radius 3 is 2.43 bits per heavy atom. The average molecular weight is 310 g/mol. The predicted molar refractivity (Wildman–Crippen MR) is 86.2 cm³/mol. The Labute approximate surface area is 132 Å². The van der Waals surface area contributed by atoms with Gasteiger partial charge in [0, 0.05) is 23.4 Å². The molecule has 21 heavy (non-hydrogen) atoms. The topological polar surface area (TPSA) is 38.3 Å². The molecule has 1 aliphatic carbocycles. The Morgan fingerprint density at radius 1 is 1.29 bits per heavy atom. The summed E-state index contributed by atoms with van der Waals surface area (Å²) in [5, 5.41) is 3.03. The summed E-state index contributed by atoms with van der Waals surface area (Å²) in [6.45, 7) is 4.63. The quantitative estimate of drug-likeness (QED) is 0.807. The lowest BCUT2D eigenvalue weighted by Gasteiger charge is -2.26. The largest absolute Gasteiger partial charge is 0.491 e. The number of hydrogen-bond donors (Lipinski definition) is 1. The van der Waals surface area contributed by atoms with Crippen LogP contribution in [0.1, 0.15) is 49.9 Å².